The molecule has 0 spiro atoms. The van der Waals surface area contributed by atoms with Gasteiger partial charge in [-0.1, -0.05) is 0 Å². The van der Waals surface area contributed by atoms with Crippen molar-refractivity contribution in [2.24, 2.45) is 0 Å². The molecule has 1 aromatic carbocycles. The van der Waals surface area contributed by atoms with Gasteiger partial charge in [-0.3, -0.25) is 9.59 Å². The standard InChI is InChI=1S/C20H23N5O4/c1-12-9-13-5-6-14(29-4)10-15(13)25-17(12)22-24(19(25)28)11-16(26)23-8-7-21-18(27)20(23,2)3/h5-6,9-10H,7-8,11H2,1-4H3,(H,21,27). The summed E-state index contributed by atoms with van der Waals surface area (Å²) >= 11 is 0. The summed E-state index contributed by atoms with van der Waals surface area (Å²) in [6.45, 7) is 5.79. The molecule has 1 aliphatic heterocycles. The number of piperazine rings is 1. The van der Waals surface area contributed by atoms with Crippen LogP contribution in [0.25, 0.3) is 16.6 Å². The average molecular weight is 397 g/mol. The van der Waals surface area contributed by atoms with Gasteiger partial charge in [-0.05, 0) is 49.9 Å². The minimum absolute atomic E-state index is 0.214. The van der Waals surface area contributed by atoms with Crippen molar-refractivity contribution in [1.29, 1.82) is 0 Å². The third kappa shape index (κ3) is 2.93. The summed E-state index contributed by atoms with van der Waals surface area (Å²) in [5, 5.41) is 8.03. The second-order valence-corrected chi connectivity index (χ2v) is 7.71. The molecule has 2 aromatic heterocycles. The maximum absolute atomic E-state index is 13.1. The number of hydrogen-bond acceptors (Lipinski definition) is 5. The van der Waals surface area contributed by atoms with Crippen LogP contribution in [0.5, 0.6) is 5.75 Å². The maximum atomic E-state index is 13.1. The second kappa shape index (κ2) is 6.61. The SMILES string of the molecule is COc1ccc2cc(C)c3nn(CC(=O)N4CCNC(=O)C4(C)C)c(=O)n3c2c1. The first kappa shape index (κ1) is 19.0. The van der Waals surface area contributed by atoms with Crippen LogP contribution < -0.4 is 15.7 Å². The number of nitrogens with zero attached hydrogens (tertiary/aromatic N) is 4. The van der Waals surface area contributed by atoms with Gasteiger partial charge in [0.25, 0.3) is 0 Å². The minimum Gasteiger partial charge on any atom is -0.497 e. The highest BCUT2D eigenvalue weighted by atomic mass is 16.5. The van der Waals surface area contributed by atoms with E-state index in [1.54, 1.807) is 27.0 Å². The number of ether oxygens (including phenoxy) is 1. The Morgan fingerprint density at radius 2 is 2.03 bits per heavy atom. The predicted molar refractivity (Wildman–Crippen MR) is 107 cm³/mol. The molecule has 0 atom stereocenters. The van der Waals surface area contributed by atoms with Crippen molar-refractivity contribution in [2.45, 2.75) is 32.9 Å². The number of fused-ring (bicyclic) bond motifs is 3. The molecule has 0 aliphatic carbocycles. The van der Waals surface area contributed by atoms with Gasteiger partial charge in [0.05, 0.1) is 12.6 Å². The summed E-state index contributed by atoms with van der Waals surface area (Å²) in [6.07, 6.45) is 0. The molecule has 0 radical (unpaired) electrons. The van der Waals surface area contributed by atoms with Crippen molar-refractivity contribution in [1.82, 2.24) is 24.4 Å². The van der Waals surface area contributed by atoms with E-state index in [-0.39, 0.29) is 18.4 Å². The van der Waals surface area contributed by atoms with Crippen molar-refractivity contribution in [3.8, 4) is 5.75 Å². The molecule has 2 amide bonds. The van der Waals surface area contributed by atoms with E-state index >= 15 is 0 Å². The number of hydrogen-bond donors (Lipinski definition) is 1. The highest BCUT2D eigenvalue weighted by Crippen LogP contribution is 2.23. The first-order valence-electron chi connectivity index (χ1n) is 9.39. The number of amides is 2. The third-order valence-corrected chi connectivity index (χ3v) is 5.48. The van der Waals surface area contributed by atoms with Crippen molar-refractivity contribution in [2.75, 3.05) is 20.2 Å². The summed E-state index contributed by atoms with van der Waals surface area (Å²) < 4.78 is 7.94. The van der Waals surface area contributed by atoms with Gasteiger partial charge in [0.15, 0.2) is 5.65 Å². The molecular weight excluding hydrogens is 374 g/mol. The number of aromatic nitrogens is 3. The summed E-state index contributed by atoms with van der Waals surface area (Å²) in [5.74, 6) is 0.0859. The summed E-state index contributed by atoms with van der Waals surface area (Å²) in [6, 6.07) is 7.43. The van der Waals surface area contributed by atoms with Crippen molar-refractivity contribution >= 4 is 28.4 Å². The predicted octanol–water partition coefficient (Wildman–Crippen LogP) is 0.703. The van der Waals surface area contributed by atoms with Gasteiger partial charge in [-0.2, -0.15) is 0 Å². The lowest BCUT2D eigenvalue weighted by atomic mass is 9.99. The largest absolute Gasteiger partial charge is 0.497 e. The first-order valence-corrected chi connectivity index (χ1v) is 9.39. The van der Waals surface area contributed by atoms with Crippen LogP contribution in [0.4, 0.5) is 0 Å². The second-order valence-electron chi connectivity index (χ2n) is 7.71. The smallest absolute Gasteiger partial charge is 0.351 e. The molecule has 0 unspecified atom stereocenters. The zero-order valence-electron chi connectivity index (χ0n) is 16.9. The number of aryl methyl sites for hydroxylation is 1. The molecule has 4 rings (SSSR count). The summed E-state index contributed by atoms with van der Waals surface area (Å²) in [4.78, 5) is 39.7. The van der Waals surface area contributed by atoms with E-state index in [4.69, 9.17) is 4.74 Å². The lowest BCUT2D eigenvalue weighted by Crippen LogP contribution is -2.64. The van der Waals surface area contributed by atoms with Crippen LogP contribution in [-0.4, -0.2) is 56.6 Å². The Balaban J connectivity index is 1.79. The Kier molecular flexibility index (Phi) is 4.33. The Morgan fingerprint density at radius 1 is 1.28 bits per heavy atom. The van der Waals surface area contributed by atoms with Crippen LogP contribution in [0, 0.1) is 6.92 Å². The molecule has 152 valence electrons. The zero-order valence-corrected chi connectivity index (χ0v) is 16.9. The molecule has 0 saturated carbocycles. The van der Waals surface area contributed by atoms with E-state index in [1.807, 2.05) is 25.1 Å². The molecule has 3 aromatic rings. The first-order chi connectivity index (χ1) is 13.7. The highest BCUT2D eigenvalue weighted by molar-refractivity contribution is 5.92. The fraction of sp³-hybridized carbons (Fsp3) is 0.400. The van der Waals surface area contributed by atoms with Crippen LogP contribution in [0.3, 0.4) is 0 Å². The molecule has 29 heavy (non-hydrogen) atoms. The number of carbonyl (C=O) groups excluding carboxylic acids is 2. The Labute approximate surface area is 166 Å². The van der Waals surface area contributed by atoms with Crippen LogP contribution in [-0.2, 0) is 16.1 Å². The van der Waals surface area contributed by atoms with Gasteiger partial charge in [-0.15, -0.1) is 5.10 Å². The normalized spacial score (nSPS) is 16.3. The van der Waals surface area contributed by atoms with Crippen LogP contribution >= 0.6 is 0 Å². The number of methoxy groups -OCH3 is 1. The van der Waals surface area contributed by atoms with Crippen LogP contribution in [0.2, 0.25) is 0 Å². The summed E-state index contributed by atoms with van der Waals surface area (Å²) in [5.41, 5.74) is 0.581. The monoisotopic (exact) mass is 397 g/mol. The van der Waals surface area contributed by atoms with Crippen molar-refractivity contribution < 1.29 is 14.3 Å². The zero-order chi connectivity index (χ0) is 20.9. The third-order valence-electron chi connectivity index (χ3n) is 5.48. The fourth-order valence-corrected chi connectivity index (χ4v) is 3.80. The highest BCUT2D eigenvalue weighted by Gasteiger charge is 2.40. The molecule has 1 fully saturated rings. The number of carbonyl (C=O) groups is 2. The Morgan fingerprint density at radius 3 is 2.76 bits per heavy atom. The number of benzene rings is 1. The van der Waals surface area contributed by atoms with E-state index < -0.39 is 11.2 Å². The molecule has 9 heteroatoms. The Bertz CT molecular complexity index is 1210. The van der Waals surface area contributed by atoms with Gasteiger partial charge in [-0.25, -0.2) is 13.9 Å². The topological polar surface area (TPSA) is 97.9 Å². The molecule has 3 heterocycles. The maximum Gasteiger partial charge on any atom is 0.351 e. The molecule has 1 aliphatic rings. The van der Waals surface area contributed by atoms with Crippen molar-refractivity contribution in [3.63, 3.8) is 0 Å². The lowest BCUT2D eigenvalue weighted by Gasteiger charge is -2.41. The van der Waals surface area contributed by atoms with E-state index in [9.17, 15) is 14.4 Å². The van der Waals surface area contributed by atoms with Gasteiger partial charge in [0, 0.05) is 19.2 Å². The number of rotatable bonds is 3. The lowest BCUT2D eigenvalue weighted by molar-refractivity contribution is -0.149. The molecule has 0 bridgehead atoms. The van der Waals surface area contributed by atoms with Gasteiger partial charge in [0.1, 0.15) is 17.8 Å². The van der Waals surface area contributed by atoms with Gasteiger partial charge >= 0.3 is 5.69 Å². The van der Waals surface area contributed by atoms with E-state index in [1.165, 1.54) is 9.30 Å². The van der Waals surface area contributed by atoms with E-state index in [0.717, 1.165) is 15.6 Å². The van der Waals surface area contributed by atoms with E-state index in [2.05, 4.69) is 10.4 Å². The van der Waals surface area contributed by atoms with Crippen LogP contribution in [0.1, 0.15) is 19.4 Å². The van der Waals surface area contributed by atoms with Crippen LogP contribution in [0.15, 0.2) is 29.1 Å². The molecule has 1 saturated heterocycles. The Hall–Kier alpha value is -3.36. The molecular formula is C20H23N5O4. The van der Waals surface area contributed by atoms with Gasteiger partial charge in [0.2, 0.25) is 11.8 Å². The summed E-state index contributed by atoms with van der Waals surface area (Å²) in [7, 11) is 1.56. The van der Waals surface area contributed by atoms with Crippen molar-refractivity contribution in [3.05, 3.63) is 40.3 Å². The molecule has 1 N–H and O–H groups in total. The number of nitrogens with one attached hydrogen (secondary N) is 1. The average Bonchev–Trinajstić information content (AvgIpc) is 3.01. The van der Waals surface area contributed by atoms with E-state index in [0.29, 0.717) is 30.0 Å². The van der Waals surface area contributed by atoms with Gasteiger partial charge < -0.3 is 15.0 Å². The quantitative estimate of drug-likeness (QED) is 0.702. The number of pyridine rings is 1. The minimum atomic E-state index is -0.978. The molecule has 9 nitrogen and oxygen atoms in total. The fourth-order valence-electron chi connectivity index (χ4n) is 3.80.